The number of rotatable bonds is 10. The van der Waals surface area contributed by atoms with Crippen LogP contribution in [0.2, 0.25) is 0 Å². The molecule has 3 nitrogen and oxygen atoms in total. The molecule has 28 heavy (non-hydrogen) atoms. The van der Waals surface area contributed by atoms with Gasteiger partial charge in [0.2, 0.25) is 0 Å². The smallest absolute Gasteiger partial charge is 0.128 e. The summed E-state index contributed by atoms with van der Waals surface area (Å²) in [6, 6.07) is 1.71. The molecule has 0 heterocycles. The molecule has 0 radical (unpaired) electrons. The third-order valence-corrected chi connectivity index (χ3v) is 5.17. The van der Waals surface area contributed by atoms with Crippen molar-refractivity contribution in [3.63, 3.8) is 0 Å². The molecule has 3 heteroatoms. The fourth-order valence-corrected chi connectivity index (χ4v) is 3.29. The number of ether oxygens (including phenoxy) is 1. The molecule has 0 spiro atoms. The predicted molar refractivity (Wildman–Crippen MR) is 119 cm³/mol. The molecular weight excluding hydrogens is 348 g/mol. The molecule has 0 fully saturated rings. The van der Waals surface area contributed by atoms with Gasteiger partial charge in [-0.05, 0) is 85.3 Å². The van der Waals surface area contributed by atoms with E-state index in [2.05, 4.69) is 45.9 Å². The van der Waals surface area contributed by atoms with E-state index < -0.39 is 0 Å². The largest absolute Gasteiger partial charge is 0.508 e. The Bertz CT molecular complexity index is 735. The first kappa shape index (κ1) is 24.0. The van der Waals surface area contributed by atoms with E-state index in [1.165, 1.54) is 16.7 Å². The van der Waals surface area contributed by atoms with E-state index in [0.29, 0.717) is 12.0 Å². The lowest BCUT2D eigenvalue weighted by Gasteiger charge is -2.18. The molecule has 0 saturated carbocycles. The van der Waals surface area contributed by atoms with E-state index in [4.69, 9.17) is 4.74 Å². The summed E-state index contributed by atoms with van der Waals surface area (Å²) in [6.45, 7) is 12.3. The lowest BCUT2D eigenvalue weighted by atomic mass is 9.96. The van der Waals surface area contributed by atoms with E-state index in [1.54, 1.807) is 13.2 Å². The molecule has 156 valence electrons. The minimum absolute atomic E-state index is 0.140. The molecular formula is C25H38O3. The van der Waals surface area contributed by atoms with Gasteiger partial charge in [0.25, 0.3) is 0 Å². The predicted octanol–water partition coefficient (Wildman–Crippen LogP) is 7.08. The Labute approximate surface area is 171 Å². The number of phenolic OH excluding ortho intramolecular Hbond substituents is 2. The van der Waals surface area contributed by atoms with Crippen LogP contribution >= 0.6 is 0 Å². The highest BCUT2D eigenvalue weighted by atomic mass is 16.5. The van der Waals surface area contributed by atoms with Gasteiger partial charge in [-0.15, -0.1) is 0 Å². The molecule has 0 bridgehead atoms. The highest BCUT2D eigenvalue weighted by molar-refractivity contribution is 5.54. The summed E-state index contributed by atoms with van der Waals surface area (Å²) in [4.78, 5) is 0. The van der Waals surface area contributed by atoms with Crippen LogP contribution in [0.25, 0.3) is 0 Å². The molecule has 0 aromatic heterocycles. The molecule has 0 aliphatic carbocycles. The Morgan fingerprint density at radius 2 is 1.57 bits per heavy atom. The quantitative estimate of drug-likeness (QED) is 0.423. The Morgan fingerprint density at radius 1 is 1.00 bits per heavy atom. The summed E-state index contributed by atoms with van der Waals surface area (Å²) in [7, 11) is 1.62. The molecule has 0 amide bonds. The molecule has 0 saturated heterocycles. The zero-order valence-electron chi connectivity index (χ0n) is 18.7. The minimum Gasteiger partial charge on any atom is -0.508 e. The first-order valence-electron chi connectivity index (χ1n) is 10.2. The zero-order valence-corrected chi connectivity index (χ0v) is 18.7. The summed E-state index contributed by atoms with van der Waals surface area (Å²) in [5, 5.41) is 20.9. The fourth-order valence-electron chi connectivity index (χ4n) is 3.29. The number of methoxy groups -OCH3 is 1. The van der Waals surface area contributed by atoms with E-state index in [0.717, 1.165) is 36.8 Å². The number of aryl methyl sites for hydroxylation is 1. The summed E-state index contributed by atoms with van der Waals surface area (Å²) < 4.78 is 5.37. The number of hydrogen-bond acceptors (Lipinski definition) is 3. The van der Waals surface area contributed by atoms with Crippen LogP contribution in [0.5, 0.6) is 11.5 Å². The first-order valence-corrected chi connectivity index (χ1v) is 10.2. The topological polar surface area (TPSA) is 49.7 Å². The molecule has 1 rings (SSSR count). The highest BCUT2D eigenvalue weighted by Crippen LogP contribution is 2.38. The second kappa shape index (κ2) is 11.8. The van der Waals surface area contributed by atoms with Crippen molar-refractivity contribution in [2.45, 2.75) is 79.8 Å². The maximum Gasteiger partial charge on any atom is 0.128 e. The lowest BCUT2D eigenvalue weighted by molar-refractivity contribution is 0.116. The molecule has 1 aromatic carbocycles. The summed E-state index contributed by atoms with van der Waals surface area (Å²) in [5.41, 5.74) is 6.21. The number of hydrogen-bond donors (Lipinski definition) is 2. The maximum absolute atomic E-state index is 10.7. The Kier molecular flexibility index (Phi) is 10.1. The summed E-state index contributed by atoms with van der Waals surface area (Å²) >= 11 is 0. The van der Waals surface area contributed by atoms with Crippen LogP contribution < -0.4 is 0 Å². The fraction of sp³-hybridized carbons (Fsp3) is 0.520. The number of benzene rings is 1. The molecule has 2 N–H and O–H groups in total. The first-order chi connectivity index (χ1) is 13.2. The highest BCUT2D eigenvalue weighted by Gasteiger charge is 2.19. The lowest BCUT2D eigenvalue weighted by Crippen LogP contribution is -2.02. The zero-order chi connectivity index (χ0) is 21.3. The van der Waals surface area contributed by atoms with Crippen molar-refractivity contribution in [1.29, 1.82) is 0 Å². The molecule has 1 atom stereocenters. The van der Waals surface area contributed by atoms with Gasteiger partial charge in [0, 0.05) is 18.2 Å². The number of phenols is 2. The molecule has 1 aromatic rings. The van der Waals surface area contributed by atoms with E-state index in [9.17, 15) is 10.2 Å². The van der Waals surface area contributed by atoms with Crippen LogP contribution in [-0.2, 0) is 11.2 Å². The van der Waals surface area contributed by atoms with Crippen LogP contribution in [0.3, 0.4) is 0 Å². The normalized spacial score (nSPS) is 13.5. The van der Waals surface area contributed by atoms with Gasteiger partial charge in [-0.2, -0.15) is 0 Å². The van der Waals surface area contributed by atoms with Crippen molar-refractivity contribution in [3.8, 4) is 11.5 Å². The van der Waals surface area contributed by atoms with Crippen molar-refractivity contribution in [2.24, 2.45) is 0 Å². The number of aromatic hydroxyl groups is 2. The summed E-state index contributed by atoms with van der Waals surface area (Å²) in [6.07, 6.45) is 11.2. The van der Waals surface area contributed by atoms with E-state index >= 15 is 0 Å². The van der Waals surface area contributed by atoms with Gasteiger partial charge < -0.3 is 14.9 Å². The van der Waals surface area contributed by atoms with Gasteiger partial charge in [0.15, 0.2) is 0 Å². The Hall–Kier alpha value is -2.00. The second-order valence-electron chi connectivity index (χ2n) is 8.00. The van der Waals surface area contributed by atoms with Crippen LogP contribution in [0, 0.1) is 6.92 Å². The number of allylic oxidation sites excluding steroid dienone is 6. The van der Waals surface area contributed by atoms with Crippen LogP contribution in [0.1, 0.15) is 83.1 Å². The van der Waals surface area contributed by atoms with Gasteiger partial charge in [0.05, 0.1) is 6.10 Å². The third-order valence-electron chi connectivity index (χ3n) is 5.17. The minimum atomic E-state index is -0.219. The van der Waals surface area contributed by atoms with Crippen molar-refractivity contribution < 1.29 is 14.9 Å². The van der Waals surface area contributed by atoms with Gasteiger partial charge in [-0.1, -0.05) is 34.9 Å². The third kappa shape index (κ3) is 7.55. The van der Waals surface area contributed by atoms with Gasteiger partial charge in [-0.3, -0.25) is 0 Å². The van der Waals surface area contributed by atoms with Crippen molar-refractivity contribution in [3.05, 3.63) is 57.7 Å². The van der Waals surface area contributed by atoms with Crippen molar-refractivity contribution >= 4 is 0 Å². The molecule has 0 aliphatic rings. The van der Waals surface area contributed by atoms with Gasteiger partial charge in [-0.25, -0.2) is 0 Å². The Morgan fingerprint density at radius 3 is 2.14 bits per heavy atom. The van der Waals surface area contributed by atoms with Crippen molar-refractivity contribution in [1.82, 2.24) is 0 Å². The van der Waals surface area contributed by atoms with Crippen LogP contribution in [-0.4, -0.2) is 17.3 Å². The van der Waals surface area contributed by atoms with Crippen LogP contribution in [0.15, 0.2) is 41.0 Å². The van der Waals surface area contributed by atoms with Crippen molar-refractivity contribution in [2.75, 3.05) is 7.11 Å². The van der Waals surface area contributed by atoms with Gasteiger partial charge >= 0.3 is 0 Å². The maximum atomic E-state index is 10.7. The monoisotopic (exact) mass is 386 g/mol. The van der Waals surface area contributed by atoms with E-state index in [1.807, 2.05) is 13.8 Å². The van der Waals surface area contributed by atoms with Gasteiger partial charge in [0.1, 0.15) is 11.5 Å². The molecule has 0 aliphatic heterocycles. The standard InChI is InChI=1S/C25H38O3/c1-17(2)10-8-11-18(3)12-9-13-19(4)14-15-22-23(26)16-20(5)24(25(22)27)21(6)28-7/h10,12,14,16,21,26-27H,8-9,11,13,15H2,1-7H3/b18-12+,19-14+/t21-/m0/s1. The molecule has 0 unspecified atom stereocenters. The van der Waals surface area contributed by atoms with E-state index in [-0.39, 0.29) is 17.6 Å². The average molecular weight is 387 g/mol. The SMILES string of the molecule is CO[C@@H](C)c1c(C)cc(O)c(C/C=C(\C)CC/C=C(\C)CCC=C(C)C)c1O. The average Bonchev–Trinajstić information content (AvgIpc) is 2.60. The summed E-state index contributed by atoms with van der Waals surface area (Å²) in [5.74, 6) is 0.284. The van der Waals surface area contributed by atoms with Crippen LogP contribution in [0.4, 0.5) is 0 Å². The second-order valence-corrected chi connectivity index (χ2v) is 8.00. The Balaban J connectivity index is 2.74.